The predicted octanol–water partition coefficient (Wildman–Crippen LogP) is 0.972. The summed E-state index contributed by atoms with van der Waals surface area (Å²) < 4.78 is 22.2. The topological polar surface area (TPSA) is 124 Å². The molecule has 9 heteroatoms. The highest BCUT2D eigenvalue weighted by atomic mass is 35.5. The highest BCUT2D eigenvalue weighted by Crippen LogP contribution is 2.22. The second-order valence-corrected chi connectivity index (χ2v) is 5.89. The number of primary sulfonamides is 1. The summed E-state index contributed by atoms with van der Waals surface area (Å²) in [5, 5.41) is 8.18. The third kappa shape index (κ3) is 3.35. The van der Waals surface area contributed by atoms with Crippen molar-refractivity contribution in [2.75, 3.05) is 11.1 Å². The molecule has 0 atom stereocenters. The van der Waals surface area contributed by atoms with Crippen molar-refractivity contribution in [3.05, 3.63) is 41.3 Å². The predicted molar refractivity (Wildman–Crippen MR) is 76.6 cm³/mol. The van der Waals surface area contributed by atoms with E-state index in [1.807, 2.05) is 0 Å². The van der Waals surface area contributed by atoms with Crippen molar-refractivity contribution in [3.8, 4) is 0 Å². The van der Waals surface area contributed by atoms with Gasteiger partial charge in [-0.2, -0.15) is 0 Å². The van der Waals surface area contributed by atoms with Crippen molar-refractivity contribution in [2.24, 2.45) is 5.14 Å². The molecule has 0 unspecified atom stereocenters. The molecule has 1 heterocycles. The van der Waals surface area contributed by atoms with Gasteiger partial charge in [0.2, 0.25) is 10.0 Å². The SMILES string of the molecule is Nc1c(Cl)ncnc1NCc1ccc(S(N)(=O)=O)cc1. The minimum absolute atomic E-state index is 0.0610. The Hall–Kier alpha value is -1.90. The Labute approximate surface area is 121 Å². The molecular formula is C11H12ClN5O2S. The van der Waals surface area contributed by atoms with Gasteiger partial charge >= 0.3 is 0 Å². The fraction of sp³-hybridized carbons (Fsp3) is 0.0909. The Bertz CT molecular complexity index is 718. The summed E-state index contributed by atoms with van der Waals surface area (Å²) in [6.07, 6.45) is 1.30. The van der Waals surface area contributed by atoms with Gasteiger partial charge in [-0.25, -0.2) is 23.5 Å². The third-order valence-corrected chi connectivity index (χ3v) is 3.78. The average Bonchev–Trinajstić information content (AvgIpc) is 2.40. The van der Waals surface area contributed by atoms with E-state index in [-0.39, 0.29) is 15.7 Å². The summed E-state index contributed by atoms with van der Waals surface area (Å²) in [5.41, 5.74) is 6.81. The Morgan fingerprint density at radius 2 is 1.85 bits per heavy atom. The van der Waals surface area contributed by atoms with E-state index in [0.29, 0.717) is 12.4 Å². The highest BCUT2D eigenvalue weighted by Gasteiger charge is 2.08. The standard InChI is InChI=1S/C11H12ClN5O2S/c12-10-9(13)11(17-6-16-10)15-5-7-1-3-8(4-2-7)20(14,18)19/h1-4,6H,5,13H2,(H2,14,18,19)(H,15,16,17). The maximum atomic E-state index is 11.1. The second kappa shape index (κ2) is 5.61. The first kappa shape index (κ1) is 14.5. The maximum Gasteiger partial charge on any atom is 0.238 e. The van der Waals surface area contributed by atoms with Crippen LogP contribution in [0.3, 0.4) is 0 Å². The smallest absolute Gasteiger partial charge is 0.238 e. The van der Waals surface area contributed by atoms with Crippen LogP contribution in [0.5, 0.6) is 0 Å². The van der Waals surface area contributed by atoms with Crippen LogP contribution in [-0.4, -0.2) is 18.4 Å². The van der Waals surface area contributed by atoms with E-state index in [1.165, 1.54) is 18.5 Å². The van der Waals surface area contributed by atoms with Crippen LogP contribution in [0.25, 0.3) is 0 Å². The number of benzene rings is 1. The number of hydrogen-bond donors (Lipinski definition) is 3. The largest absolute Gasteiger partial charge is 0.393 e. The molecule has 7 nitrogen and oxygen atoms in total. The number of nitrogens with one attached hydrogen (secondary N) is 1. The molecule has 0 aliphatic heterocycles. The monoisotopic (exact) mass is 313 g/mol. The fourth-order valence-electron chi connectivity index (χ4n) is 1.50. The molecule has 5 N–H and O–H groups in total. The van der Waals surface area contributed by atoms with E-state index in [1.54, 1.807) is 12.1 Å². The molecule has 0 radical (unpaired) electrons. The summed E-state index contributed by atoms with van der Waals surface area (Å²) in [7, 11) is -3.68. The molecule has 1 aromatic carbocycles. The van der Waals surface area contributed by atoms with E-state index < -0.39 is 10.0 Å². The first-order chi connectivity index (χ1) is 9.38. The van der Waals surface area contributed by atoms with Gasteiger partial charge in [-0.1, -0.05) is 23.7 Å². The van der Waals surface area contributed by atoms with Crippen LogP contribution in [0.4, 0.5) is 11.5 Å². The van der Waals surface area contributed by atoms with Gasteiger partial charge in [0.25, 0.3) is 0 Å². The number of nitrogens with two attached hydrogens (primary N) is 2. The number of rotatable bonds is 4. The van der Waals surface area contributed by atoms with Gasteiger partial charge in [0.1, 0.15) is 12.0 Å². The zero-order chi connectivity index (χ0) is 14.8. The van der Waals surface area contributed by atoms with Crippen LogP contribution in [0, 0.1) is 0 Å². The third-order valence-electron chi connectivity index (χ3n) is 2.55. The van der Waals surface area contributed by atoms with E-state index in [2.05, 4.69) is 15.3 Å². The summed E-state index contributed by atoms with van der Waals surface area (Å²) in [5.74, 6) is 0.417. The lowest BCUT2D eigenvalue weighted by molar-refractivity contribution is 0.598. The zero-order valence-electron chi connectivity index (χ0n) is 10.2. The number of halogens is 1. The molecular weight excluding hydrogens is 302 g/mol. The van der Waals surface area contributed by atoms with Crippen molar-refractivity contribution >= 4 is 33.1 Å². The molecule has 0 aliphatic carbocycles. The van der Waals surface area contributed by atoms with Crippen LogP contribution in [-0.2, 0) is 16.6 Å². The molecule has 2 rings (SSSR count). The molecule has 0 spiro atoms. The lowest BCUT2D eigenvalue weighted by Crippen LogP contribution is -2.12. The van der Waals surface area contributed by atoms with E-state index in [0.717, 1.165) is 5.56 Å². The minimum atomic E-state index is -3.68. The van der Waals surface area contributed by atoms with Crippen molar-refractivity contribution in [1.29, 1.82) is 0 Å². The Balaban J connectivity index is 2.10. The number of aromatic nitrogens is 2. The molecule has 0 fully saturated rings. The van der Waals surface area contributed by atoms with Crippen LogP contribution < -0.4 is 16.2 Å². The highest BCUT2D eigenvalue weighted by molar-refractivity contribution is 7.89. The van der Waals surface area contributed by atoms with Crippen molar-refractivity contribution in [1.82, 2.24) is 9.97 Å². The first-order valence-electron chi connectivity index (χ1n) is 5.49. The quantitative estimate of drug-likeness (QED) is 0.722. The summed E-state index contributed by atoms with van der Waals surface area (Å²) in [4.78, 5) is 7.77. The summed E-state index contributed by atoms with van der Waals surface area (Å²) in [6, 6.07) is 6.16. The Kier molecular flexibility index (Phi) is 4.07. The molecule has 106 valence electrons. The van der Waals surface area contributed by atoms with Crippen molar-refractivity contribution in [2.45, 2.75) is 11.4 Å². The van der Waals surface area contributed by atoms with Crippen LogP contribution in [0.1, 0.15) is 5.56 Å². The zero-order valence-corrected chi connectivity index (χ0v) is 11.8. The van der Waals surface area contributed by atoms with Gasteiger partial charge in [0.05, 0.1) is 4.90 Å². The number of anilines is 2. The normalized spacial score (nSPS) is 11.3. The van der Waals surface area contributed by atoms with Gasteiger partial charge in [-0.05, 0) is 17.7 Å². The molecule has 2 aromatic rings. The lowest BCUT2D eigenvalue weighted by Gasteiger charge is -2.08. The molecule has 1 aromatic heterocycles. The van der Waals surface area contributed by atoms with Gasteiger partial charge in [0.15, 0.2) is 11.0 Å². The molecule has 0 saturated carbocycles. The number of nitrogen functional groups attached to an aromatic ring is 1. The minimum Gasteiger partial charge on any atom is -0.393 e. The molecule has 0 saturated heterocycles. The number of sulfonamides is 1. The van der Waals surface area contributed by atoms with Crippen LogP contribution >= 0.6 is 11.6 Å². The molecule has 0 aliphatic rings. The van der Waals surface area contributed by atoms with Gasteiger partial charge < -0.3 is 11.1 Å². The number of nitrogens with zero attached hydrogens (tertiary/aromatic N) is 2. The average molecular weight is 314 g/mol. The maximum absolute atomic E-state index is 11.1. The van der Waals surface area contributed by atoms with Crippen molar-refractivity contribution < 1.29 is 8.42 Å². The van der Waals surface area contributed by atoms with E-state index >= 15 is 0 Å². The van der Waals surface area contributed by atoms with Crippen molar-refractivity contribution in [3.63, 3.8) is 0 Å². The van der Waals surface area contributed by atoms with Crippen LogP contribution in [0.15, 0.2) is 35.5 Å². The number of hydrogen-bond acceptors (Lipinski definition) is 6. The molecule has 0 amide bonds. The lowest BCUT2D eigenvalue weighted by atomic mass is 10.2. The van der Waals surface area contributed by atoms with Gasteiger partial charge in [0, 0.05) is 6.54 Å². The van der Waals surface area contributed by atoms with Gasteiger partial charge in [-0.3, -0.25) is 0 Å². The Morgan fingerprint density at radius 1 is 1.20 bits per heavy atom. The fourth-order valence-corrected chi connectivity index (χ4v) is 2.15. The second-order valence-electron chi connectivity index (χ2n) is 3.97. The van der Waals surface area contributed by atoms with E-state index in [9.17, 15) is 8.42 Å². The molecule has 0 bridgehead atoms. The Morgan fingerprint density at radius 3 is 2.45 bits per heavy atom. The summed E-state index contributed by atoms with van der Waals surface area (Å²) in [6.45, 7) is 0.405. The molecule has 20 heavy (non-hydrogen) atoms. The van der Waals surface area contributed by atoms with Crippen LogP contribution in [0.2, 0.25) is 5.15 Å². The van der Waals surface area contributed by atoms with Gasteiger partial charge in [-0.15, -0.1) is 0 Å². The summed E-state index contributed by atoms with van der Waals surface area (Å²) >= 11 is 5.77. The first-order valence-corrected chi connectivity index (χ1v) is 7.42. The van der Waals surface area contributed by atoms with E-state index in [4.69, 9.17) is 22.5 Å².